The van der Waals surface area contributed by atoms with E-state index in [0.717, 1.165) is 5.56 Å². The molecule has 0 aromatic heterocycles. The van der Waals surface area contributed by atoms with Crippen LogP contribution < -0.4 is 9.47 Å². The molecule has 2 aromatic carbocycles. The summed E-state index contributed by atoms with van der Waals surface area (Å²) < 4.78 is 28.6. The highest BCUT2D eigenvalue weighted by atomic mass is 16.7. The molecule has 2 fully saturated rings. The maximum absolute atomic E-state index is 10.9. The van der Waals surface area contributed by atoms with Crippen LogP contribution in [-0.2, 0) is 14.2 Å². The van der Waals surface area contributed by atoms with Crippen LogP contribution in [0.5, 0.6) is 11.5 Å². The van der Waals surface area contributed by atoms with Crippen molar-refractivity contribution in [3.8, 4) is 11.5 Å². The molecule has 0 amide bonds. The van der Waals surface area contributed by atoms with E-state index in [1.165, 1.54) is 0 Å². The van der Waals surface area contributed by atoms with Crippen molar-refractivity contribution >= 4 is 0 Å². The van der Waals surface area contributed by atoms with Gasteiger partial charge in [-0.1, -0.05) is 35.4 Å². The molecule has 0 bridgehead atoms. The van der Waals surface area contributed by atoms with Gasteiger partial charge >= 0.3 is 0 Å². The predicted molar refractivity (Wildman–Crippen MR) is 101 cm³/mol. The van der Waals surface area contributed by atoms with E-state index in [1.807, 2.05) is 30.3 Å². The molecule has 2 saturated heterocycles. The van der Waals surface area contributed by atoms with Crippen LogP contribution in [0.15, 0.2) is 59.7 Å². The normalized spacial score (nSPS) is 31.2. The first-order valence-corrected chi connectivity index (χ1v) is 9.20. The minimum absolute atomic E-state index is 0.201. The quantitative estimate of drug-likeness (QED) is 0.470. The molecule has 2 heterocycles. The standard InChI is InChI=1S/C20H21N3O6/c1-25-13-7-9-14(10-8-13)27-20-16(22-23-21)17(24)18-15(28-20)11-26-19(29-18)12-5-3-2-4-6-12/h2-10,15-20,24H,11H2,1H3/t15?,16?,17-,18-,19?,20+/m0/s1. The van der Waals surface area contributed by atoms with Crippen LogP contribution in [-0.4, -0.2) is 49.5 Å². The predicted octanol–water partition coefficient (Wildman–Crippen LogP) is 2.95. The molecule has 9 heteroatoms. The van der Waals surface area contributed by atoms with Crippen molar-refractivity contribution in [2.75, 3.05) is 13.7 Å². The van der Waals surface area contributed by atoms with Crippen LogP contribution >= 0.6 is 0 Å². The fourth-order valence-electron chi connectivity index (χ4n) is 3.43. The smallest absolute Gasteiger partial charge is 0.211 e. The van der Waals surface area contributed by atoms with Gasteiger partial charge in [-0.2, -0.15) is 0 Å². The molecule has 152 valence electrons. The Morgan fingerprint density at radius 3 is 2.48 bits per heavy atom. The Balaban J connectivity index is 1.51. The van der Waals surface area contributed by atoms with E-state index in [4.69, 9.17) is 29.2 Å². The summed E-state index contributed by atoms with van der Waals surface area (Å²) in [4.78, 5) is 2.84. The van der Waals surface area contributed by atoms with E-state index in [9.17, 15) is 5.11 Å². The van der Waals surface area contributed by atoms with Gasteiger partial charge in [0.05, 0.1) is 19.8 Å². The van der Waals surface area contributed by atoms with Crippen LogP contribution in [0.1, 0.15) is 11.9 Å². The number of hydrogen-bond donors (Lipinski definition) is 1. The third-order valence-electron chi connectivity index (χ3n) is 4.90. The number of azide groups is 1. The molecule has 0 radical (unpaired) electrons. The second kappa shape index (κ2) is 8.69. The lowest BCUT2D eigenvalue weighted by atomic mass is 9.96. The van der Waals surface area contributed by atoms with E-state index < -0.39 is 36.9 Å². The number of aliphatic hydroxyl groups excluding tert-OH is 1. The summed E-state index contributed by atoms with van der Waals surface area (Å²) in [5.74, 6) is 1.16. The Labute approximate surface area is 167 Å². The van der Waals surface area contributed by atoms with Gasteiger partial charge in [0.2, 0.25) is 6.29 Å². The molecule has 1 N–H and O–H groups in total. The van der Waals surface area contributed by atoms with Crippen molar-refractivity contribution < 1.29 is 28.8 Å². The van der Waals surface area contributed by atoms with Crippen molar-refractivity contribution in [2.24, 2.45) is 5.11 Å². The molecule has 2 aliphatic rings. The lowest BCUT2D eigenvalue weighted by Gasteiger charge is -2.46. The molecule has 0 aliphatic carbocycles. The molecule has 29 heavy (non-hydrogen) atoms. The molecule has 6 atom stereocenters. The van der Waals surface area contributed by atoms with Gasteiger partial charge in [-0.15, -0.1) is 0 Å². The topological polar surface area (TPSA) is 115 Å². The zero-order valence-electron chi connectivity index (χ0n) is 15.7. The van der Waals surface area contributed by atoms with Gasteiger partial charge in [0.25, 0.3) is 0 Å². The first-order valence-electron chi connectivity index (χ1n) is 9.20. The van der Waals surface area contributed by atoms with Crippen LogP contribution in [0.3, 0.4) is 0 Å². The van der Waals surface area contributed by atoms with E-state index in [0.29, 0.717) is 11.5 Å². The number of nitrogens with zero attached hydrogens (tertiary/aromatic N) is 3. The van der Waals surface area contributed by atoms with E-state index in [-0.39, 0.29) is 6.61 Å². The highest BCUT2D eigenvalue weighted by Gasteiger charge is 2.50. The second-order valence-corrected chi connectivity index (χ2v) is 6.70. The van der Waals surface area contributed by atoms with Gasteiger partial charge in [0.1, 0.15) is 29.7 Å². The average molecular weight is 399 g/mol. The number of aliphatic hydroxyl groups is 1. The van der Waals surface area contributed by atoms with Gasteiger partial charge in [-0.25, -0.2) is 0 Å². The van der Waals surface area contributed by atoms with Crippen LogP contribution in [0.2, 0.25) is 0 Å². The number of benzene rings is 2. The molecule has 0 saturated carbocycles. The second-order valence-electron chi connectivity index (χ2n) is 6.70. The molecular weight excluding hydrogens is 378 g/mol. The molecule has 4 rings (SSSR count). The van der Waals surface area contributed by atoms with Gasteiger partial charge in [0, 0.05) is 10.5 Å². The minimum atomic E-state index is -1.12. The van der Waals surface area contributed by atoms with Crippen molar-refractivity contribution in [2.45, 2.75) is 36.9 Å². The summed E-state index contributed by atoms with van der Waals surface area (Å²) in [5.41, 5.74) is 9.80. The Morgan fingerprint density at radius 2 is 1.79 bits per heavy atom. The first-order chi connectivity index (χ1) is 14.2. The molecule has 2 aromatic rings. The van der Waals surface area contributed by atoms with Gasteiger partial charge in [0.15, 0.2) is 6.29 Å². The summed E-state index contributed by atoms with van der Waals surface area (Å²) in [7, 11) is 1.57. The fraction of sp³-hybridized carbons (Fsp3) is 0.400. The SMILES string of the molecule is COc1ccc(O[C@@H]2OC3COC(c4ccccc4)O[C@@H]3[C@@H](O)C2N=[N+]=[N-])cc1. The van der Waals surface area contributed by atoms with E-state index in [1.54, 1.807) is 31.4 Å². The van der Waals surface area contributed by atoms with Gasteiger partial charge in [-0.05, 0) is 29.8 Å². The van der Waals surface area contributed by atoms with E-state index in [2.05, 4.69) is 10.0 Å². The largest absolute Gasteiger partial charge is 0.497 e. The summed E-state index contributed by atoms with van der Waals surface area (Å²) in [6.07, 6.45) is -4.04. The lowest BCUT2D eigenvalue weighted by Crippen LogP contribution is -2.62. The van der Waals surface area contributed by atoms with Crippen LogP contribution in [0.4, 0.5) is 0 Å². The average Bonchev–Trinajstić information content (AvgIpc) is 2.77. The number of ether oxygens (including phenoxy) is 5. The molecule has 2 aliphatic heterocycles. The number of rotatable bonds is 5. The Morgan fingerprint density at radius 1 is 1.07 bits per heavy atom. The van der Waals surface area contributed by atoms with E-state index >= 15 is 0 Å². The molecular formula is C20H21N3O6. The van der Waals surface area contributed by atoms with Crippen molar-refractivity contribution in [1.29, 1.82) is 0 Å². The number of hydrogen-bond acceptors (Lipinski definition) is 7. The maximum atomic E-state index is 10.9. The van der Waals surface area contributed by atoms with Crippen LogP contribution in [0, 0.1) is 0 Å². The lowest BCUT2D eigenvalue weighted by molar-refractivity contribution is -0.331. The summed E-state index contributed by atoms with van der Waals surface area (Å²) in [6.45, 7) is 0.201. The Bertz CT molecular complexity index is 858. The summed E-state index contributed by atoms with van der Waals surface area (Å²) in [6, 6.07) is 15.3. The first kappa shape index (κ1) is 19.5. The third kappa shape index (κ3) is 4.14. The summed E-state index contributed by atoms with van der Waals surface area (Å²) >= 11 is 0. The zero-order chi connectivity index (χ0) is 20.2. The number of methoxy groups -OCH3 is 1. The van der Waals surface area contributed by atoms with Crippen molar-refractivity contribution in [1.82, 2.24) is 0 Å². The number of fused-ring (bicyclic) bond motifs is 1. The highest BCUT2D eigenvalue weighted by Crippen LogP contribution is 2.35. The minimum Gasteiger partial charge on any atom is -0.497 e. The fourth-order valence-corrected chi connectivity index (χ4v) is 3.43. The molecule has 0 spiro atoms. The van der Waals surface area contributed by atoms with Gasteiger partial charge in [-0.3, -0.25) is 0 Å². The Kier molecular flexibility index (Phi) is 5.84. The highest BCUT2D eigenvalue weighted by molar-refractivity contribution is 5.31. The van der Waals surface area contributed by atoms with Gasteiger partial charge < -0.3 is 28.8 Å². The molecule has 3 unspecified atom stereocenters. The zero-order valence-corrected chi connectivity index (χ0v) is 15.7. The third-order valence-corrected chi connectivity index (χ3v) is 4.90. The Hall–Kier alpha value is -2.81. The maximum Gasteiger partial charge on any atom is 0.211 e. The van der Waals surface area contributed by atoms with Crippen molar-refractivity contribution in [3.63, 3.8) is 0 Å². The monoisotopic (exact) mass is 399 g/mol. The van der Waals surface area contributed by atoms with Crippen molar-refractivity contribution in [3.05, 3.63) is 70.6 Å². The molecule has 9 nitrogen and oxygen atoms in total. The summed E-state index contributed by atoms with van der Waals surface area (Å²) in [5, 5.41) is 14.6. The van der Waals surface area contributed by atoms with Crippen LogP contribution in [0.25, 0.3) is 10.4 Å².